The second-order valence-electron chi connectivity index (χ2n) is 9.83. The van der Waals surface area contributed by atoms with Gasteiger partial charge in [0.2, 0.25) is 6.67 Å². The molecule has 1 aliphatic heterocycles. The van der Waals surface area contributed by atoms with Crippen molar-refractivity contribution >= 4 is 11.4 Å². The van der Waals surface area contributed by atoms with Gasteiger partial charge in [-0.3, -0.25) is 0 Å². The maximum Gasteiger partial charge on any atom is 0.217 e. The fraction of sp³-hybridized carbons (Fsp3) is 0.464. The van der Waals surface area contributed by atoms with Crippen molar-refractivity contribution in [3.05, 3.63) is 77.2 Å². The van der Waals surface area contributed by atoms with E-state index in [-0.39, 0.29) is 0 Å². The molecule has 1 aliphatic rings. The zero-order chi connectivity index (χ0) is 22.2. The van der Waals surface area contributed by atoms with E-state index in [1.165, 1.54) is 39.2 Å². The average Bonchev–Trinajstić information content (AvgIpc) is 3.15. The van der Waals surface area contributed by atoms with Crippen LogP contribution in [-0.4, -0.2) is 0 Å². The van der Waals surface area contributed by atoms with Crippen LogP contribution in [0, 0.1) is 13.6 Å². The Labute approximate surface area is 184 Å². The second kappa shape index (κ2) is 8.88. The van der Waals surface area contributed by atoms with Crippen LogP contribution in [-0.2, 0) is 0 Å². The first-order valence-corrected chi connectivity index (χ1v) is 11.4. The van der Waals surface area contributed by atoms with Gasteiger partial charge >= 0.3 is 0 Å². The van der Waals surface area contributed by atoms with Crippen molar-refractivity contribution in [1.29, 1.82) is 0 Å². The number of rotatable bonds is 6. The van der Waals surface area contributed by atoms with Gasteiger partial charge in [-0.25, -0.2) is 0 Å². The molecule has 0 aromatic heterocycles. The summed E-state index contributed by atoms with van der Waals surface area (Å²) in [6, 6.07) is 11.4. The number of hydrogen-bond donors (Lipinski definition) is 0. The average molecular weight is 403 g/mol. The van der Waals surface area contributed by atoms with Crippen molar-refractivity contribution in [3.8, 4) is 0 Å². The lowest BCUT2D eigenvalue weighted by Crippen LogP contribution is -2.23. The van der Waals surface area contributed by atoms with E-state index in [0.717, 1.165) is 0 Å². The number of aryl methyl sites for hydroxylation is 1. The van der Waals surface area contributed by atoms with Crippen LogP contribution in [0.25, 0.3) is 0 Å². The number of para-hydroxylation sites is 1. The molecule has 2 aromatic carbocycles. The highest BCUT2D eigenvalue weighted by atomic mass is 15.3. The molecule has 2 radical (unpaired) electrons. The molecular formula is C28H38N2. The first-order chi connectivity index (χ1) is 14.1. The Morgan fingerprint density at radius 2 is 0.967 bits per heavy atom. The Morgan fingerprint density at radius 1 is 0.600 bits per heavy atom. The molecule has 0 spiro atoms. The summed E-state index contributed by atoms with van der Waals surface area (Å²) in [5.74, 6) is 1.83. The first kappa shape index (κ1) is 22.5. The van der Waals surface area contributed by atoms with Crippen molar-refractivity contribution in [2.24, 2.45) is 0 Å². The van der Waals surface area contributed by atoms with Crippen LogP contribution in [0.3, 0.4) is 0 Å². The topological polar surface area (TPSA) is 6.48 Å². The standard InChI is InChI=1S/C28H38N2/c1-18(2)23-11-10-12-24(19(3)4)27(23)29-13-14-30(17-29)28-25(20(5)6)15-22(9)16-26(28)21(7)8/h10-16,18-21H,1-9H3. The Morgan fingerprint density at radius 3 is 1.33 bits per heavy atom. The molecule has 0 unspecified atom stereocenters. The van der Waals surface area contributed by atoms with Gasteiger partial charge in [-0.05, 0) is 52.8 Å². The van der Waals surface area contributed by atoms with E-state index in [1.807, 2.05) is 0 Å². The third kappa shape index (κ3) is 4.29. The van der Waals surface area contributed by atoms with Crippen LogP contribution < -0.4 is 9.80 Å². The molecule has 0 bridgehead atoms. The maximum atomic E-state index is 3.68. The van der Waals surface area contributed by atoms with Crippen molar-refractivity contribution < 1.29 is 0 Å². The molecular weight excluding hydrogens is 364 g/mol. The normalized spacial score (nSPS) is 14.3. The van der Waals surface area contributed by atoms with Crippen molar-refractivity contribution in [1.82, 2.24) is 0 Å². The van der Waals surface area contributed by atoms with Gasteiger partial charge in [-0.15, -0.1) is 0 Å². The predicted molar refractivity (Wildman–Crippen MR) is 131 cm³/mol. The highest BCUT2D eigenvalue weighted by molar-refractivity contribution is 5.73. The van der Waals surface area contributed by atoms with Gasteiger partial charge in [0.15, 0.2) is 0 Å². The summed E-state index contributed by atoms with van der Waals surface area (Å²) in [5, 5.41) is 0. The minimum Gasteiger partial charge on any atom is -0.315 e. The fourth-order valence-electron chi connectivity index (χ4n) is 4.35. The molecule has 0 amide bonds. The smallest absolute Gasteiger partial charge is 0.217 e. The maximum absolute atomic E-state index is 3.68. The van der Waals surface area contributed by atoms with Crippen molar-refractivity contribution in [2.45, 2.75) is 86.0 Å². The summed E-state index contributed by atoms with van der Waals surface area (Å²) in [6.07, 6.45) is 4.34. The predicted octanol–water partition coefficient (Wildman–Crippen LogP) is 8.28. The molecule has 0 fully saturated rings. The van der Waals surface area contributed by atoms with Gasteiger partial charge in [0.05, 0.1) is 11.4 Å². The monoisotopic (exact) mass is 402 g/mol. The number of nitrogens with zero attached hydrogens (tertiary/aromatic N) is 2. The van der Waals surface area contributed by atoms with Gasteiger partial charge in [0.25, 0.3) is 0 Å². The first-order valence-electron chi connectivity index (χ1n) is 11.4. The molecule has 0 saturated carbocycles. The van der Waals surface area contributed by atoms with Crippen LogP contribution in [0.2, 0.25) is 0 Å². The number of hydrogen-bond acceptors (Lipinski definition) is 2. The van der Waals surface area contributed by atoms with Crippen LogP contribution in [0.15, 0.2) is 42.7 Å². The minimum absolute atomic E-state index is 0.454. The largest absolute Gasteiger partial charge is 0.315 e. The van der Waals surface area contributed by atoms with Gasteiger partial charge in [-0.1, -0.05) is 91.3 Å². The van der Waals surface area contributed by atoms with E-state index < -0.39 is 0 Å². The molecule has 0 N–H and O–H groups in total. The van der Waals surface area contributed by atoms with Crippen LogP contribution in [0.4, 0.5) is 11.4 Å². The van der Waals surface area contributed by atoms with Crippen molar-refractivity contribution in [2.75, 3.05) is 9.80 Å². The van der Waals surface area contributed by atoms with E-state index in [9.17, 15) is 0 Å². The van der Waals surface area contributed by atoms with Gasteiger partial charge in [0.1, 0.15) is 0 Å². The lowest BCUT2D eigenvalue weighted by Gasteiger charge is -2.30. The molecule has 160 valence electrons. The Bertz CT molecular complexity index is 863. The minimum atomic E-state index is 0.454. The number of benzene rings is 2. The molecule has 1 heterocycles. The lowest BCUT2D eigenvalue weighted by atomic mass is 9.90. The Kier molecular flexibility index (Phi) is 6.65. The number of anilines is 2. The summed E-state index contributed by atoms with van der Waals surface area (Å²) in [7, 11) is 0. The molecule has 0 atom stereocenters. The van der Waals surface area contributed by atoms with E-state index in [1.54, 1.807) is 0 Å². The van der Waals surface area contributed by atoms with Crippen LogP contribution in [0.1, 0.15) is 107 Å². The van der Waals surface area contributed by atoms with E-state index in [4.69, 9.17) is 0 Å². The summed E-state index contributed by atoms with van der Waals surface area (Å²) < 4.78 is 0. The van der Waals surface area contributed by atoms with Crippen molar-refractivity contribution in [3.63, 3.8) is 0 Å². The van der Waals surface area contributed by atoms with Gasteiger partial charge in [-0.2, -0.15) is 0 Å². The SMILES string of the molecule is Cc1cc(C(C)C)c(N2[C]N(c3c(C(C)C)cccc3C(C)C)C=C2)c(C(C)C)c1. The molecule has 0 saturated heterocycles. The highest BCUT2D eigenvalue weighted by Gasteiger charge is 2.28. The quantitative estimate of drug-likeness (QED) is 0.479. The molecule has 30 heavy (non-hydrogen) atoms. The second-order valence-corrected chi connectivity index (χ2v) is 9.83. The van der Waals surface area contributed by atoms with Gasteiger partial charge < -0.3 is 9.80 Å². The molecule has 3 rings (SSSR count). The highest BCUT2D eigenvalue weighted by Crippen LogP contribution is 2.42. The van der Waals surface area contributed by atoms with E-state index >= 15 is 0 Å². The zero-order valence-corrected chi connectivity index (χ0v) is 20.2. The van der Waals surface area contributed by atoms with Gasteiger partial charge in [0, 0.05) is 12.4 Å². The third-order valence-electron chi connectivity index (χ3n) is 5.96. The summed E-state index contributed by atoms with van der Waals surface area (Å²) in [4.78, 5) is 4.42. The zero-order valence-electron chi connectivity index (χ0n) is 20.2. The summed E-state index contributed by atoms with van der Waals surface area (Å²) in [5.41, 5.74) is 9.42. The Hall–Kier alpha value is -2.22. The summed E-state index contributed by atoms with van der Waals surface area (Å²) >= 11 is 0. The Balaban J connectivity index is 2.07. The summed E-state index contributed by atoms with van der Waals surface area (Å²) in [6.45, 7) is 24.1. The lowest BCUT2D eigenvalue weighted by molar-refractivity contribution is 0.817. The molecule has 2 aromatic rings. The molecule has 2 nitrogen and oxygen atoms in total. The van der Waals surface area contributed by atoms with Crippen LogP contribution in [0.5, 0.6) is 0 Å². The van der Waals surface area contributed by atoms with E-state index in [0.29, 0.717) is 23.7 Å². The van der Waals surface area contributed by atoms with E-state index in [2.05, 4.69) is 122 Å². The third-order valence-corrected chi connectivity index (χ3v) is 5.96. The molecule has 2 heteroatoms. The van der Waals surface area contributed by atoms with Crippen LogP contribution >= 0.6 is 0 Å². The molecule has 0 aliphatic carbocycles. The fourth-order valence-corrected chi connectivity index (χ4v) is 4.35.